The number of sulfone groups is 1. The average Bonchev–Trinajstić information content (AvgIpc) is 3.14. The van der Waals surface area contributed by atoms with Crippen molar-refractivity contribution in [2.45, 2.75) is 50.8 Å². The van der Waals surface area contributed by atoms with Crippen molar-refractivity contribution in [1.82, 2.24) is 15.5 Å². The number of aryl methyl sites for hydroxylation is 4. The van der Waals surface area contributed by atoms with E-state index in [1.54, 1.807) is 24.3 Å². The molecule has 3 aromatic rings. The maximum atomic E-state index is 12.5. The molecule has 0 spiro atoms. The zero-order valence-corrected chi connectivity index (χ0v) is 18.1. The Kier molecular flexibility index (Phi) is 6.66. The van der Waals surface area contributed by atoms with Crippen molar-refractivity contribution in [2.75, 3.05) is 0 Å². The van der Waals surface area contributed by atoms with Crippen LogP contribution in [0.3, 0.4) is 0 Å². The number of nitrogens with zero attached hydrogens (tertiary/aromatic N) is 2. The summed E-state index contributed by atoms with van der Waals surface area (Å²) in [5.41, 5.74) is 4.32. The molecule has 2 aromatic carbocycles. The molecule has 1 N–H and O–H groups in total. The summed E-state index contributed by atoms with van der Waals surface area (Å²) in [7, 11) is -3.56. The zero-order valence-electron chi connectivity index (χ0n) is 17.3. The van der Waals surface area contributed by atoms with Gasteiger partial charge >= 0.3 is 0 Å². The van der Waals surface area contributed by atoms with Gasteiger partial charge in [0.2, 0.25) is 11.8 Å². The lowest BCUT2D eigenvalue weighted by Gasteiger charge is -2.08. The minimum absolute atomic E-state index is 0.0846. The van der Waals surface area contributed by atoms with Crippen LogP contribution in [-0.2, 0) is 33.4 Å². The van der Waals surface area contributed by atoms with Gasteiger partial charge in [-0.25, -0.2) is 8.42 Å². The van der Waals surface area contributed by atoms with Crippen molar-refractivity contribution >= 4 is 15.7 Å². The lowest BCUT2D eigenvalue weighted by Crippen LogP contribution is -2.23. The number of nitrogens with one attached hydrogen (secondary N) is 1. The highest BCUT2D eigenvalue weighted by atomic mass is 32.2. The van der Waals surface area contributed by atoms with Crippen molar-refractivity contribution in [3.8, 4) is 0 Å². The Bertz CT molecular complexity index is 1140. The maximum Gasteiger partial charge on any atom is 0.227 e. The third-order valence-electron chi connectivity index (χ3n) is 4.76. The summed E-state index contributed by atoms with van der Waals surface area (Å²) in [6.07, 6.45) is 0.424. The monoisotopic (exact) mass is 427 g/mol. The maximum absolute atomic E-state index is 12.5. The Morgan fingerprint density at radius 1 is 1.03 bits per heavy atom. The van der Waals surface area contributed by atoms with Gasteiger partial charge in [0, 0.05) is 19.4 Å². The Morgan fingerprint density at radius 2 is 1.73 bits per heavy atom. The number of benzene rings is 2. The first-order chi connectivity index (χ1) is 14.2. The quantitative estimate of drug-likeness (QED) is 0.592. The number of carbonyl (C=O) groups excluding carboxylic acids is 1. The van der Waals surface area contributed by atoms with Crippen LogP contribution in [-0.4, -0.2) is 24.5 Å². The van der Waals surface area contributed by atoms with Gasteiger partial charge in [-0.3, -0.25) is 4.79 Å². The van der Waals surface area contributed by atoms with Gasteiger partial charge in [-0.15, -0.1) is 0 Å². The molecule has 3 rings (SSSR count). The molecule has 0 radical (unpaired) electrons. The van der Waals surface area contributed by atoms with Crippen LogP contribution in [0.5, 0.6) is 0 Å². The summed E-state index contributed by atoms with van der Waals surface area (Å²) >= 11 is 0. The summed E-state index contributed by atoms with van der Waals surface area (Å²) in [6.45, 7) is 6.36. The highest BCUT2D eigenvalue weighted by Crippen LogP contribution is 2.16. The molecular weight excluding hydrogens is 402 g/mol. The van der Waals surface area contributed by atoms with Crippen molar-refractivity contribution in [3.05, 3.63) is 76.4 Å². The molecule has 0 aliphatic heterocycles. The average molecular weight is 428 g/mol. The fourth-order valence-electron chi connectivity index (χ4n) is 2.94. The van der Waals surface area contributed by atoms with E-state index >= 15 is 0 Å². The van der Waals surface area contributed by atoms with E-state index in [-0.39, 0.29) is 41.1 Å². The van der Waals surface area contributed by atoms with E-state index in [1.807, 2.05) is 39.0 Å². The molecule has 1 heterocycles. The van der Waals surface area contributed by atoms with E-state index in [2.05, 4.69) is 15.5 Å². The highest BCUT2D eigenvalue weighted by Gasteiger charge is 2.19. The molecule has 8 heteroatoms. The van der Waals surface area contributed by atoms with Crippen LogP contribution in [0.15, 0.2) is 51.9 Å². The third kappa shape index (κ3) is 5.76. The number of carbonyl (C=O) groups is 1. The largest absolute Gasteiger partial charge is 0.352 e. The van der Waals surface area contributed by atoms with Crippen molar-refractivity contribution in [3.63, 3.8) is 0 Å². The molecule has 1 amide bonds. The molecule has 7 nitrogen and oxygen atoms in total. The predicted octanol–water partition coefficient (Wildman–Crippen LogP) is 3.22. The molecule has 0 aliphatic rings. The summed E-state index contributed by atoms with van der Waals surface area (Å²) in [4.78, 5) is 16.5. The number of rotatable bonds is 8. The molecule has 0 unspecified atom stereocenters. The highest BCUT2D eigenvalue weighted by molar-refractivity contribution is 7.90. The Hall–Kier alpha value is -3.00. The van der Waals surface area contributed by atoms with E-state index in [0.29, 0.717) is 6.54 Å². The van der Waals surface area contributed by atoms with Crippen LogP contribution in [0.2, 0.25) is 0 Å². The van der Waals surface area contributed by atoms with Gasteiger partial charge in [0.25, 0.3) is 0 Å². The summed E-state index contributed by atoms with van der Waals surface area (Å²) in [6, 6.07) is 12.7. The molecule has 0 aliphatic carbocycles. The van der Waals surface area contributed by atoms with Crippen LogP contribution in [0.1, 0.15) is 40.4 Å². The topological polar surface area (TPSA) is 102 Å². The van der Waals surface area contributed by atoms with Gasteiger partial charge in [-0.1, -0.05) is 46.6 Å². The number of hydrogen-bond donors (Lipinski definition) is 1. The standard InChI is InChI=1S/C22H25N3O4S/c1-15-5-8-19(9-6-15)30(27,28)14-20-24-22(29-25-20)11-10-21(26)23-13-18-12-16(2)4-7-17(18)3/h4-9,12H,10-11,13-14H2,1-3H3,(H,23,26). The second-order valence-corrected chi connectivity index (χ2v) is 9.37. The van der Waals surface area contributed by atoms with Crippen molar-refractivity contribution in [1.29, 1.82) is 0 Å². The van der Waals surface area contributed by atoms with E-state index < -0.39 is 9.84 Å². The molecule has 30 heavy (non-hydrogen) atoms. The molecule has 0 atom stereocenters. The fraction of sp³-hybridized carbons (Fsp3) is 0.318. The Labute approximate surface area is 176 Å². The molecule has 158 valence electrons. The summed E-state index contributed by atoms with van der Waals surface area (Å²) < 4.78 is 30.1. The van der Waals surface area contributed by atoms with Gasteiger partial charge < -0.3 is 9.84 Å². The summed E-state index contributed by atoms with van der Waals surface area (Å²) in [5.74, 6) is -0.159. The SMILES string of the molecule is Cc1ccc(S(=O)(=O)Cc2noc(CCC(=O)NCc3cc(C)ccc3C)n2)cc1. The van der Waals surface area contributed by atoms with Gasteiger partial charge in [0.05, 0.1) is 4.90 Å². The van der Waals surface area contributed by atoms with Gasteiger partial charge in [0.15, 0.2) is 15.7 Å². The molecule has 0 bridgehead atoms. The Balaban J connectivity index is 1.52. The fourth-order valence-corrected chi connectivity index (χ4v) is 4.12. The number of hydrogen-bond acceptors (Lipinski definition) is 6. The minimum Gasteiger partial charge on any atom is -0.352 e. The Morgan fingerprint density at radius 3 is 2.47 bits per heavy atom. The van der Waals surface area contributed by atoms with Crippen LogP contribution >= 0.6 is 0 Å². The minimum atomic E-state index is -3.56. The van der Waals surface area contributed by atoms with E-state index in [1.165, 1.54) is 0 Å². The third-order valence-corrected chi connectivity index (χ3v) is 6.38. The first-order valence-electron chi connectivity index (χ1n) is 9.66. The van der Waals surface area contributed by atoms with Crippen LogP contribution in [0.4, 0.5) is 0 Å². The molecule has 0 saturated carbocycles. The molecular formula is C22H25N3O4S. The van der Waals surface area contributed by atoms with Crippen LogP contribution in [0, 0.1) is 20.8 Å². The smallest absolute Gasteiger partial charge is 0.227 e. The second kappa shape index (κ2) is 9.21. The van der Waals surface area contributed by atoms with Crippen molar-refractivity contribution in [2.24, 2.45) is 0 Å². The van der Waals surface area contributed by atoms with Crippen LogP contribution < -0.4 is 5.32 Å². The second-order valence-electron chi connectivity index (χ2n) is 7.38. The van der Waals surface area contributed by atoms with E-state index in [0.717, 1.165) is 22.3 Å². The number of aromatic nitrogens is 2. The normalized spacial score (nSPS) is 11.4. The van der Waals surface area contributed by atoms with Gasteiger partial charge in [-0.05, 0) is 44.0 Å². The molecule has 0 saturated heterocycles. The lowest BCUT2D eigenvalue weighted by molar-refractivity contribution is -0.121. The zero-order chi connectivity index (χ0) is 21.7. The first-order valence-corrected chi connectivity index (χ1v) is 11.3. The van der Waals surface area contributed by atoms with Crippen molar-refractivity contribution < 1.29 is 17.7 Å². The molecule has 1 aromatic heterocycles. The summed E-state index contributed by atoms with van der Waals surface area (Å²) in [5, 5.41) is 6.62. The van der Waals surface area contributed by atoms with E-state index in [4.69, 9.17) is 4.52 Å². The molecule has 0 fully saturated rings. The number of amides is 1. The van der Waals surface area contributed by atoms with Gasteiger partial charge in [-0.2, -0.15) is 4.98 Å². The predicted molar refractivity (Wildman–Crippen MR) is 112 cm³/mol. The lowest BCUT2D eigenvalue weighted by atomic mass is 10.1. The van der Waals surface area contributed by atoms with E-state index in [9.17, 15) is 13.2 Å². The first kappa shape index (κ1) is 21.7. The van der Waals surface area contributed by atoms with Gasteiger partial charge in [0.1, 0.15) is 5.75 Å². The van der Waals surface area contributed by atoms with Crippen LogP contribution in [0.25, 0.3) is 0 Å².